The highest BCUT2D eigenvalue weighted by molar-refractivity contribution is 5.94. The van der Waals surface area contributed by atoms with Crippen LogP contribution in [0.3, 0.4) is 0 Å². The van der Waals surface area contributed by atoms with E-state index in [1.54, 1.807) is 18.2 Å². The molecule has 0 aliphatic rings. The van der Waals surface area contributed by atoms with Crippen LogP contribution in [0.15, 0.2) is 30.8 Å². The Bertz CT molecular complexity index is 408. The molecule has 3 nitrogen and oxygen atoms in total. The number of benzene rings is 1. The lowest BCUT2D eigenvalue weighted by atomic mass is 10.1. The van der Waals surface area contributed by atoms with Crippen LogP contribution in [0.5, 0.6) is 0 Å². The van der Waals surface area contributed by atoms with Gasteiger partial charge in [0.1, 0.15) is 5.76 Å². The topological polar surface area (TPSA) is 35.5 Å². The second-order valence-electron chi connectivity index (χ2n) is 4.17. The van der Waals surface area contributed by atoms with E-state index < -0.39 is 0 Å². The minimum absolute atomic E-state index is 0.380. The summed E-state index contributed by atoms with van der Waals surface area (Å²) in [5.74, 6) is 0.534. The van der Waals surface area contributed by atoms with E-state index in [9.17, 15) is 4.79 Å². The first-order chi connectivity index (χ1) is 8.06. The highest BCUT2D eigenvalue weighted by Gasteiger charge is 2.14. The molecule has 0 aliphatic heterocycles. The molecule has 0 amide bonds. The van der Waals surface area contributed by atoms with E-state index in [0.29, 0.717) is 29.4 Å². The minimum atomic E-state index is -0.380. The molecule has 0 spiro atoms. The molecule has 0 aliphatic carbocycles. The van der Waals surface area contributed by atoms with Gasteiger partial charge in [0.25, 0.3) is 0 Å². The van der Waals surface area contributed by atoms with Crippen molar-refractivity contribution in [2.75, 3.05) is 13.7 Å². The molecule has 17 heavy (non-hydrogen) atoms. The molecule has 1 rings (SSSR count). The van der Waals surface area contributed by atoms with Crippen molar-refractivity contribution in [1.82, 2.24) is 0 Å². The monoisotopic (exact) mass is 234 g/mol. The van der Waals surface area contributed by atoms with Crippen LogP contribution in [0.4, 0.5) is 0 Å². The third-order valence-electron chi connectivity index (χ3n) is 2.22. The van der Waals surface area contributed by atoms with Crippen molar-refractivity contribution >= 4 is 11.7 Å². The van der Waals surface area contributed by atoms with Crippen molar-refractivity contribution in [1.29, 1.82) is 0 Å². The zero-order valence-electron chi connectivity index (χ0n) is 10.5. The average molecular weight is 234 g/mol. The summed E-state index contributed by atoms with van der Waals surface area (Å²) in [7, 11) is 1.36. The van der Waals surface area contributed by atoms with Crippen molar-refractivity contribution in [3.05, 3.63) is 42.0 Å². The molecule has 0 fully saturated rings. The Morgan fingerprint density at radius 2 is 1.88 bits per heavy atom. The van der Waals surface area contributed by atoms with Crippen molar-refractivity contribution in [2.45, 2.75) is 13.8 Å². The quantitative estimate of drug-likeness (QED) is 0.580. The second kappa shape index (κ2) is 6.09. The molecule has 3 heteroatoms. The van der Waals surface area contributed by atoms with Gasteiger partial charge in [-0.3, -0.25) is 0 Å². The van der Waals surface area contributed by atoms with Gasteiger partial charge in [-0.1, -0.05) is 38.6 Å². The third-order valence-corrected chi connectivity index (χ3v) is 2.22. The molecule has 1 aromatic rings. The van der Waals surface area contributed by atoms with E-state index in [1.165, 1.54) is 7.11 Å². The van der Waals surface area contributed by atoms with Gasteiger partial charge in [-0.25, -0.2) is 4.79 Å². The van der Waals surface area contributed by atoms with Crippen LogP contribution in [0.1, 0.15) is 29.8 Å². The largest absolute Gasteiger partial charge is 0.493 e. The van der Waals surface area contributed by atoms with E-state index >= 15 is 0 Å². The number of esters is 1. The van der Waals surface area contributed by atoms with E-state index in [2.05, 4.69) is 20.4 Å². The van der Waals surface area contributed by atoms with Gasteiger partial charge in [0, 0.05) is 5.56 Å². The zero-order chi connectivity index (χ0) is 12.8. The number of carbonyl (C=O) groups is 1. The van der Waals surface area contributed by atoms with Gasteiger partial charge in [0.05, 0.1) is 19.3 Å². The summed E-state index contributed by atoms with van der Waals surface area (Å²) in [4.78, 5) is 11.6. The van der Waals surface area contributed by atoms with E-state index in [4.69, 9.17) is 9.47 Å². The van der Waals surface area contributed by atoms with Gasteiger partial charge in [0.15, 0.2) is 0 Å². The average Bonchev–Trinajstić information content (AvgIpc) is 2.34. The fraction of sp³-hybridized carbons (Fsp3) is 0.357. The Hall–Kier alpha value is -1.77. The molecule has 92 valence electrons. The molecular formula is C14H18O3. The smallest absolute Gasteiger partial charge is 0.338 e. The van der Waals surface area contributed by atoms with E-state index in [-0.39, 0.29) is 5.97 Å². The summed E-state index contributed by atoms with van der Waals surface area (Å²) >= 11 is 0. The molecule has 0 bridgehead atoms. The lowest BCUT2D eigenvalue weighted by Crippen LogP contribution is -2.07. The molecule has 0 aromatic heterocycles. The van der Waals surface area contributed by atoms with Crippen molar-refractivity contribution in [2.24, 2.45) is 5.92 Å². The normalized spacial score (nSPS) is 10.1. The summed E-state index contributed by atoms with van der Waals surface area (Å²) in [6, 6.07) is 7.12. The maximum absolute atomic E-state index is 11.6. The molecule has 0 saturated heterocycles. The molecule has 0 N–H and O–H groups in total. The summed E-state index contributed by atoms with van der Waals surface area (Å²) in [6.45, 7) is 8.53. The van der Waals surface area contributed by atoms with Gasteiger partial charge < -0.3 is 9.47 Å². The zero-order valence-corrected chi connectivity index (χ0v) is 10.5. The highest BCUT2D eigenvalue weighted by atomic mass is 16.5. The highest BCUT2D eigenvalue weighted by Crippen LogP contribution is 2.20. The molecule has 0 saturated carbocycles. The predicted molar refractivity (Wildman–Crippen MR) is 67.6 cm³/mol. The number of rotatable bonds is 5. The SMILES string of the molecule is C=C(OCC(C)C)c1ccccc1C(=O)OC. The lowest BCUT2D eigenvalue weighted by Gasteiger charge is -2.13. The number of hydrogen-bond donors (Lipinski definition) is 0. The minimum Gasteiger partial charge on any atom is -0.493 e. The Morgan fingerprint density at radius 3 is 2.41 bits per heavy atom. The first-order valence-corrected chi connectivity index (χ1v) is 5.55. The fourth-order valence-electron chi connectivity index (χ4n) is 1.36. The van der Waals surface area contributed by atoms with Gasteiger partial charge in [-0.2, -0.15) is 0 Å². The van der Waals surface area contributed by atoms with E-state index in [0.717, 1.165) is 0 Å². The van der Waals surface area contributed by atoms with Crippen molar-refractivity contribution in [3.8, 4) is 0 Å². The van der Waals surface area contributed by atoms with Crippen molar-refractivity contribution < 1.29 is 14.3 Å². The van der Waals surface area contributed by atoms with Crippen LogP contribution in [-0.2, 0) is 9.47 Å². The van der Waals surface area contributed by atoms with Crippen LogP contribution in [0.25, 0.3) is 5.76 Å². The molecule has 0 radical (unpaired) electrons. The van der Waals surface area contributed by atoms with Crippen LogP contribution in [-0.4, -0.2) is 19.7 Å². The number of methoxy groups -OCH3 is 1. The third kappa shape index (κ3) is 3.63. The Labute approximate surface area is 102 Å². The molecule has 0 unspecified atom stereocenters. The van der Waals surface area contributed by atoms with Crippen LogP contribution in [0, 0.1) is 5.92 Å². The maximum atomic E-state index is 11.6. The van der Waals surface area contributed by atoms with Gasteiger partial charge >= 0.3 is 5.97 Å². The Morgan fingerprint density at radius 1 is 1.29 bits per heavy atom. The summed E-state index contributed by atoms with van der Waals surface area (Å²) in [5, 5.41) is 0. The summed E-state index contributed by atoms with van der Waals surface area (Å²) in [6.07, 6.45) is 0. The molecule has 0 heterocycles. The molecule has 0 atom stereocenters. The van der Waals surface area contributed by atoms with Crippen LogP contribution >= 0.6 is 0 Å². The summed E-state index contributed by atoms with van der Waals surface area (Å²) < 4.78 is 10.2. The Kier molecular flexibility index (Phi) is 4.76. The van der Waals surface area contributed by atoms with Gasteiger partial charge in [-0.15, -0.1) is 0 Å². The standard InChI is InChI=1S/C14H18O3/c1-10(2)9-17-11(3)12-7-5-6-8-13(12)14(15)16-4/h5-8,10H,3,9H2,1-2,4H3. The lowest BCUT2D eigenvalue weighted by molar-refractivity contribution is 0.0599. The number of ether oxygens (including phenoxy) is 2. The first kappa shape index (κ1) is 13.3. The first-order valence-electron chi connectivity index (χ1n) is 5.55. The maximum Gasteiger partial charge on any atom is 0.338 e. The van der Waals surface area contributed by atoms with Crippen molar-refractivity contribution in [3.63, 3.8) is 0 Å². The second-order valence-corrected chi connectivity index (χ2v) is 4.17. The van der Waals surface area contributed by atoms with Crippen LogP contribution in [0.2, 0.25) is 0 Å². The summed E-state index contributed by atoms with van der Waals surface area (Å²) in [5.41, 5.74) is 1.16. The number of hydrogen-bond acceptors (Lipinski definition) is 3. The van der Waals surface area contributed by atoms with E-state index in [1.807, 2.05) is 6.07 Å². The molecule has 1 aromatic carbocycles. The molecular weight excluding hydrogens is 216 g/mol. The van der Waals surface area contributed by atoms with Crippen LogP contribution < -0.4 is 0 Å². The Balaban J connectivity index is 2.89. The van der Waals surface area contributed by atoms with Gasteiger partial charge in [0.2, 0.25) is 0 Å². The number of carbonyl (C=O) groups excluding carboxylic acids is 1. The predicted octanol–water partition coefficient (Wildman–Crippen LogP) is 3.12. The van der Waals surface area contributed by atoms with Gasteiger partial charge in [-0.05, 0) is 12.0 Å². The fourth-order valence-corrected chi connectivity index (χ4v) is 1.36.